The highest BCUT2D eigenvalue weighted by molar-refractivity contribution is 7.89. The second-order valence-electron chi connectivity index (χ2n) is 6.25. The Kier molecular flexibility index (Phi) is 5.32. The second-order valence-corrected chi connectivity index (χ2v) is 8.02. The molecule has 0 atom stereocenters. The smallest absolute Gasteiger partial charge is 0.322 e. The molecular formula is C17H16F3N5O3S. The van der Waals surface area contributed by atoms with E-state index in [4.69, 9.17) is 0 Å². The second kappa shape index (κ2) is 7.44. The molecule has 0 aliphatic carbocycles. The molecule has 3 aromatic rings. The lowest BCUT2D eigenvalue weighted by molar-refractivity contribution is -0.121. The summed E-state index contributed by atoms with van der Waals surface area (Å²) in [5.41, 5.74) is 2.36. The molecule has 0 saturated heterocycles. The fourth-order valence-corrected chi connectivity index (χ4v) is 3.62. The third-order valence-corrected chi connectivity index (χ3v) is 5.32. The van der Waals surface area contributed by atoms with E-state index >= 15 is 0 Å². The highest BCUT2D eigenvalue weighted by Crippen LogP contribution is 2.19. The molecule has 2 aromatic heterocycles. The van der Waals surface area contributed by atoms with Gasteiger partial charge in [0.25, 0.3) is 5.91 Å². The van der Waals surface area contributed by atoms with Crippen molar-refractivity contribution >= 4 is 27.3 Å². The third kappa shape index (κ3) is 4.71. The van der Waals surface area contributed by atoms with Gasteiger partial charge in [-0.25, -0.2) is 22.6 Å². The number of aryl methyl sites for hydroxylation is 2. The van der Waals surface area contributed by atoms with Crippen LogP contribution in [0.1, 0.15) is 21.7 Å². The van der Waals surface area contributed by atoms with Crippen LogP contribution in [0.3, 0.4) is 0 Å². The number of nitrogens with zero attached hydrogens (tertiary/aromatic N) is 3. The van der Waals surface area contributed by atoms with Gasteiger partial charge in [-0.15, -0.1) is 0 Å². The van der Waals surface area contributed by atoms with Crippen molar-refractivity contribution in [1.29, 1.82) is 0 Å². The number of nitrogens with one attached hydrogen (secondary N) is 2. The van der Waals surface area contributed by atoms with Gasteiger partial charge in [-0.2, -0.15) is 18.3 Å². The molecule has 2 N–H and O–H groups in total. The molecule has 3 rings (SSSR count). The van der Waals surface area contributed by atoms with Crippen LogP contribution in [0, 0.1) is 13.8 Å². The number of carbonyl (C=O) groups excluding carboxylic acids is 1. The summed E-state index contributed by atoms with van der Waals surface area (Å²) in [5, 5.41) is 6.71. The standard InChI is InChI=1S/C17H16F3N5O3S/c1-10-7-11(2)25-15(23-10)14(8-21-25)16(26)24-12-3-5-13(6-4-12)29(27,28)22-9-17(18,19)20/h3-8,22H,9H2,1-2H3,(H,24,26). The number of rotatable bonds is 5. The molecular weight excluding hydrogens is 411 g/mol. The molecule has 12 heteroatoms. The summed E-state index contributed by atoms with van der Waals surface area (Å²) in [6, 6.07) is 6.55. The lowest BCUT2D eigenvalue weighted by Gasteiger charge is -2.10. The first-order chi connectivity index (χ1) is 13.5. The number of aromatic nitrogens is 3. The van der Waals surface area contributed by atoms with Crippen LogP contribution in [-0.2, 0) is 10.0 Å². The number of halogens is 3. The number of hydrogen-bond acceptors (Lipinski definition) is 5. The third-order valence-electron chi connectivity index (χ3n) is 3.91. The number of fused-ring (bicyclic) bond motifs is 1. The highest BCUT2D eigenvalue weighted by Gasteiger charge is 2.30. The summed E-state index contributed by atoms with van der Waals surface area (Å²) in [6.07, 6.45) is -3.30. The monoisotopic (exact) mass is 427 g/mol. The predicted molar refractivity (Wildman–Crippen MR) is 98.1 cm³/mol. The maximum absolute atomic E-state index is 12.5. The van der Waals surface area contributed by atoms with E-state index in [9.17, 15) is 26.4 Å². The molecule has 154 valence electrons. The highest BCUT2D eigenvalue weighted by atomic mass is 32.2. The summed E-state index contributed by atoms with van der Waals surface area (Å²) in [6.45, 7) is 1.93. The van der Waals surface area contributed by atoms with E-state index in [2.05, 4.69) is 15.4 Å². The minimum absolute atomic E-state index is 0.223. The molecule has 0 spiro atoms. The molecule has 0 aliphatic rings. The average molecular weight is 427 g/mol. The van der Waals surface area contributed by atoms with Crippen LogP contribution in [0.2, 0.25) is 0 Å². The van der Waals surface area contributed by atoms with Crippen molar-refractivity contribution in [3.05, 3.63) is 53.5 Å². The molecule has 0 unspecified atom stereocenters. The van der Waals surface area contributed by atoms with Crippen molar-refractivity contribution < 1.29 is 26.4 Å². The van der Waals surface area contributed by atoms with Crippen LogP contribution in [0.15, 0.2) is 41.4 Å². The fourth-order valence-electron chi connectivity index (χ4n) is 2.61. The van der Waals surface area contributed by atoms with Gasteiger partial charge in [0, 0.05) is 17.1 Å². The van der Waals surface area contributed by atoms with Crippen molar-refractivity contribution in [2.45, 2.75) is 24.9 Å². The predicted octanol–water partition coefficient (Wildman–Crippen LogP) is 2.44. The van der Waals surface area contributed by atoms with Crippen LogP contribution in [0.25, 0.3) is 5.65 Å². The Morgan fingerprint density at radius 1 is 1.17 bits per heavy atom. The first kappa shape index (κ1) is 20.7. The van der Waals surface area contributed by atoms with Gasteiger partial charge in [-0.1, -0.05) is 0 Å². The molecule has 29 heavy (non-hydrogen) atoms. The van der Waals surface area contributed by atoms with E-state index in [0.29, 0.717) is 11.3 Å². The van der Waals surface area contributed by atoms with Crippen LogP contribution in [-0.4, -0.2) is 41.6 Å². The summed E-state index contributed by atoms with van der Waals surface area (Å²) >= 11 is 0. The maximum atomic E-state index is 12.5. The minimum Gasteiger partial charge on any atom is -0.322 e. The van der Waals surface area contributed by atoms with Crippen molar-refractivity contribution in [1.82, 2.24) is 19.3 Å². The molecule has 0 fully saturated rings. The van der Waals surface area contributed by atoms with Crippen LogP contribution < -0.4 is 10.0 Å². The summed E-state index contributed by atoms with van der Waals surface area (Å²) < 4.78 is 63.4. The molecule has 2 heterocycles. The maximum Gasteiger partial charge on any atom is 0.402 e. The van der Waals surface area contributed by atoms with E-state index in [1.165, 1.54) is 27.6 Å². The first-order valence-electron chi connectivity index (χ1n) is 8.26. The Morgan fingerprint density at radius 3 is 2.45 bits per heavy atom. The van der Waals surface area contributed by atoms with Crippen molar-refractivity contribution in [3.8, 4) is 0 Å². The van der Waals surface area contributed by atoms with Gasteiger partial charge in [0.05, 0.1) is 11.1 Å². The molecule has 1 amide bonds. The average Bonchev–Trinajstić information content (AvgIpc) is 3.04. The SMILES string of the molecule is Cc1cc(C)n2ncc(C(=O)Nc3ccc(S(=O)(=O)NCC(F)(F)F)cc3)c2n1. The van der Waals surface area contributed by atoms with E-state index in [1.807, 2.05) is 13.0 Å². The van der Waals surface area contributed by atoms with Crippen LogP contribution >= 0.6 is 0 Å². The number of benzene rings is 1. The number of amides is 1. The topological polar surface area (TPSA) is 105 Å². The van der Waals surface area contributed by atoms with Crippen molar-refractivity contribution in [2.24, 2.45) is 0 Å². The zero-order chi connectivity index (χ0) is 21.4. The van der Waals surface area contributed by atoms with Gasteiger partial charge >= 0.3 is 6.18 Å². The van der Waals surface area contributed by atoms with Gasteiger partial charge in [0.15, 0.2) is 5.65 Å². The van der Waals surface area contributed by atoms with Crippen LogP contribution in [0.4, 0.5) is 18.9 Å². The normalized spacial score (nSPS) is 12.3. The van der Waals surface area contributed by atoms with E-state index < -0.39 is 28.7 Å². The van der Waals surface area contributed by atoms with Crippen molar-refractivity contribution in [2.75, 3.05) is 11.9 Å². The molecule has 0 radical (unpaired) electrons. The van der Waals surface area contributed by atoms with Gasteiger partial charge in [-0.05, 0) is 44.2 Å². The van der Waals surface area contributed by atoms with E-state index in [-0.39, 0.29) is 16.1 Å². The number of hydrogen-bond donors (Lipinski definition) is 2. The molecule has 8 nitrogen and oxygen atoms in total. The van der Waals surface area contributed by atoms with Gasteiger partial charge in [-0.3, -0.25) is 4.79 Å². The zero-order valence-corrected chi connectivity index (χ0v) is 16.1. The Hall–Kier alpha value is -2.99. The lowest BCUT2D eigenvalue weighted by Crippen LogP contribution is -2.33. The molecule has 1 aromatic carbocycles. The van der Waals surface area contributed by atoms with Crippen molar-refractivity contribution in [3.63, 3.8) is 0 Å². The van der Waals surface area contributed by atoms with E-state index in [1.54, 1.807) is 6.92 Å². The summed E-state index contributed by atoms with van der Waals surface area (Å²) in [4.78, 5) is 16.5. The van der Waals surface area contributed by atoms with Gasteiger partial charge < -0.3 is 5.32 Å². The number of alkyl halides is 3. The Bertz CT molecular complexity index is 1170. The number of carbonyl (C=O) groups is 1. The largest absolute Gasteiger partial charge is 0.402 e. The number of anilines is 1. The molecule has 0 saturated carbocycles. The molecule has 0 aliphatic heterocycles. The summed E-state index contributed by atoms with van der Waals surface area (Å²) in [5.74, 6) is -0.511. The zero-order valence-electron chi connectivity index (χ0n) is 15.3. The van der Waals surface area contributed by atoms with E-state index in [0.717, 1.165) is 17.8 Å². The molecule has 0 bridgehead atoms. The minimum atomic E-state index is -4.67. The summed E-state index contributed by atoms with van der Waals surface area (Å²) in [7, 11) is -4.33. The Balaban J connectivity index is 1.77. The van der Waals surface area contributed by atoms with Gasteiger partial charge in [0.1, 0.15) is 12.1 Å². The van der Waals surface area contributed by atoms with Crippen LogP contribution in [0.5, 0.6) is 0 Å². The first-order valence-corrected chi connectivity index (χ1v) is 9.74. The quantitative estimate of drug-likeness (QED) is 0.651. The lowest BCUT2D eigenvalue weighted by atomic mass is 10.2. The Morgan fingerprint density at radius 2 is 1.83 bits per heavy atom. The number of sulfonamides is 1. The fraction of sp³-hybridized carbons (Fsp3) is 0.235. The Labute approximate surface area is 163 Å². The van der Waals surface area contributed by atoms with Gasteiger partial charge in [0.2, 0.25) is 10.0 Å².